The number of pyridine rings is 1. The van der Waals surface area contributed by atoms with E-state index in [9.17, 15) is 10.1 Å². The Labute approximate surface area is 169 Å². The molecular formula is C23H23N3OS. The molecule has 1 aromatic carbocycles. The zero-order valence-electron chi connectivity index (χ0n) is 16.3. The number of hydrogen-bond donors (Lipinski definition) is 0. The molecule has 4 rings (SSSR count). The molecule has 0 radical (unpaired) electrons. The van der Waals surface area contributed by atoms with Gasteiger partial charge in [-0.2, -0.15) is 5.26 Å². The first-order chi connectivity index (χ1) is 13.6. The van der Waals surface area contributed by atoms with Crippen molar-refractivity contribution in [1.29, 1.82) is 5.26 Å². The molecule has 0 aliphatic heterocycles. The monoisotopic (exact) mass is 389 g/mol. The van der Waals surface area contributed by atoms with E-state index in [1.165, 1.54) is 34.8 Å². The minimum Gasteiger partial charge on any atom is -0.284 e. The molecule has 0 fully saturated rings. The number of carbonyl (C=O) groups excluding carboxylic acids is 1. The van der Waals surface area contributed by atoms with Crippen molar-refractivity contribution in [3.63, 3.8) is 0 Å². The molecule has 0 N–H and O–H groups in total. The molecule has 0 saturated heterocycles. The van der Waals surface area contributed by atoms with E-state index in [-0.39, 0.29) is 5.91 Å². The van der Waals surface area contributed by atoms with E-state index in [1.54, 1.807) is 0 Å². The van der Waals surface area contributed by atoms with E-state index in [0.717, 1.165) is 41.1 Å². The van der Waals surface area contributed by atoms with Crippen molar-refractivity contribution in [1.82, 2.24) is 9.55 Å². The molecule has 0 unspecified atom stereocenters. The van der Waals surface area contributed by atoms with Gasteiger partial charge in [0.1, 0.15) is 11.1 Å². The lowest BCUT2D eigenvalue weighted by Crippen LogP contribution is -2.16. The summed E-state index contributed by atoms with van der Waals surface area (Å²) in [6.07, 6.45) is 4.79. The maximum Gasteiger partial charge on any atom is 0.232 e. The number of rotatable bonds is 4. The number of carbonyl (C=O) groups is 1. The summed E-state index contributed by atoms with van der Waals surface area (Å²) in [5.41, 5.74) is 6.04. The van der Waals surface area contributed by atoms with Crippen molar-refractivity contribution < 1.29 is 4.79 Å². The molecular weight excluding hydrogens is 366 g/mol. The highest BCUT2D eigenvalue weighted by Gasteiger charge is 2.23. The molecule has 2 aromatic heterocycles. The highest BCUT2D eigenvalue weighted by atomic mass is 32.2. The molecule has 4 nitrogen and oxygen atoms in total. The van der Waals surface area contributed by atoms with E-state index >= 15 is 0 Å². The molecule has 5 heteroatoms. The molecule has 1 aliphatic carbocycles. The van der Waals surface area contributed by atoms with E-state index in [0.29, 0.717) is 17.7 Å². The minimum absolute atomic E-state index is 0.134. The number of aryl methyl sites for hydroxylation is 3. The third-order valence-electron chi connectivity index (χ3n) is 5.41. The van der Waals surface area contributed by atoms with E-state index < -0.39 is 0 Å². The number of nitriles is 1. The summed E-state index contributed by atoms with van der Waals surface area (Å²) in [5.74, 6) is 0.750. The molecule has 142 valence electrons. The highest BCUT2D eigenvalue weighted by Crippen LogP contribution is 2.32. The van der Waals surface area contributed by atoms with Crippen LogP contribution in [0.15, 0.2) is 35.4 Å². The Balaban J connectivity index is 1.57. The normalized spacial score (nSPS) is 13.3. The topological polar surface area (TPSA) is 58.7 Å². The van der Waals surface area contributed by atoms with Crippen LogP contribution < -0.4 is 0 Å². The quantitative estimate of drug-likeness (QED) is 0.574. The zero-order valence-corrected chi connectivity index (χ0v) is 17.1. The summed E-state index contributed by atoms with van der Waals surface area (Å²) >= 11 is 1.50. The molecule has 0 amide bonds. The molecule has 2 heterocycles. The van der Waals surface area contributed by atoms with Crippen LogP contribution in [0, 0.1) is 25.2 Å². The van der Waals surface area contributed by atoms with E-state index in [1.807, 2.05) is 30.5 Å². The van der Waals surface area contributed by atoms with Gasteiger partial charge in [-0.05, 0) is 62.8 Å². The molecule has 1 aliphatic rings. The molecule has 0 saturated carbocycles. The van der Waals surface area contributed by atoms with Crippen molar-refractivity contribution in [2.24, 2.45) is 0 Å². The lowest BCUT2D eigenvalue weighted by atomic mass is 9.95. The Kier molecular flexibility index (Phi) is 5.23. The van der Waals surface area contributed by atoms with Crippen LogP contribution in [0.2, 0.25) is 0 Å². The fraction of sp³-hybridized carbons (Fsp3) is 0.348. The van der Waals surface area contributed by atoms with Gasteiger partial charge in [0, 0.05) is 28.9 Å². The van der Waals surface area contributed by atoms with Gasteiger partial charge in [0.25, 0.3) is 0 Å². The van der Waals surface area contributed by atoms with Crippen molar-refractivity contribution in [2.45, 2.75) is 51.0 Å². The first kappa shape index (κ1) is 18.8. The summed E-state index contributed by atoms with van der Waals surface area (Å²) in [6, 6.07) is 12.4. The van der Waals surface area contributed by atoms with Crippen LogP contribution in [-0.2, 0) is 12.8 Å². The summed E-state index contributed by atoms with van der Waals surface area (Å²) in [7, 11) is 0. The average molecular weight is 390 g/mol. The van der Waals surface area contributed by atoms with Gasteiger partial charge < -0.3 is 0 Å². The number of benzene rings is 1. The third-order valence-corrected chi connectivity index (χ3v) is 6.38. The summed E-state index contributed by atoms with van der Waals surface area (Å²) in [4.78, 5) is 17.6. The second kappa shape index (κ2) is 7.81. The van der Waals surface area contributed by atoms with Gasteiger partial charge in [0.2, 0.25) is 5.91 Å². The van der Waals surface area contributed by atoms with Crippen LogP contribution in [0.25, 0.3) is 10.9 Å². The van der Waals surface area contributed by atoms with Crippen molar-refractivity contribution in [3.05, 3.63) is 58.4 Å². The van der Waals surface area contributed by atoms with Crippen LogP contribution in [0.4, 0.5) is 0 Å². The Morgan fingerprint density at radius 2 is 2.04 bits per heavy atom. The predicted octanol–water partition coefficient (Wildman–Crippen LogP) is 5.23. The molecule has 0 atom stereocenters. The standard InChI is InChI=1S/C23H23N3OS/c1-15-13-16(2)25-23(19(15)14-24)28-12-11-22(27)26-20-9-5-3-7-17(20)18-8-4-6-10-21(18)26/h3,5,7,9,13H,4,6,8,10-12H2,1-2H3. The highest BCUT2D eigenvalue weighted by molar-refractivity contribution is 7.99. The van der Waals surface area contributed by atoms with Gasteiger partial charge in [-0.25, -0.2) is 4.98 Å². The Hall–Kier alpha value is -2.58. The Bertz CT molecular complexity index is 1110. The summed E-state index contributed by atoms with van der Waals surface area (Å²) in [6.45, 7) is 3.86. The van der Waals surface area contributed by atoms with Crippen LogP contribution in [0.3, 0.4) is 0 Å². The number of nitrogens with zero attached hydrogens (tertiary/aromatic N) is 3. The van der Waals surface area contributed by atoms with E-state index in [2.05, 4.69) is 29.3 Å². The number of fused-ring (bicyclic) bond motifs is 3. The molecule has 28 heavy (non-hydrogen) atoms. The SMILES string of the molecule is Cc1cc(C)c(C#N)c(SCCC(=O)n2c3c(c4ccccc42)CCCC3)n1. The van der Waals surface area contributed by atoms with Crippen molar-refractivity contribution in [2.75, 3.05) is 5.75 Å². The fourth-order valence-electron chi connectivity index (χ4n) is 4.17. The average Bonchev–Trinajstić information content (AvgIpc) is 3.02. The third kappa shape index (κ3) is 3.33. The zero-order chi connectivity index (χ0) is 19.7. The largest absolute Gasteiger partial charge is 0.284 e. The lowest BCUT2D eigenvalue weighted by Gasteiger charge is -2.15. The van der Waals surface area contributed by atoms with Gasteiger partial charge in [0.15, 0.2) is 0 Å². The number of thioether (sulfide) groups is 1. The first-order valence-electron chi connectivity index (χ1n) is 9.75. The summed E-state index contributed by atoms with van der Waals surface area (Å²) in [5, 5.41) is 11.4. The van der Waals surface area contributed by atoms with Crippen LogP contribution >= 0.6 is 11.8 Å². The number of para-hydroxylation sites is 1. The molecule has 3 aromatic rings. The van der Waals surface area contributed by atoms with Crippen LogP contribution in [0.5, 0.6) is 0 Å². The van der Waals surface area contributed by atoms with Crippen molar-refractivity contribution >= 4 is 28.6 Å². The summed E-state index contributed by atoms with van der Waals surface area (Å²) < 4.78 is 1.95. The maximum atomic E-state index is 13.1. The van der Waals surface area contributed by atoms with Crippen molar-refractivity contribution in [3.8, 4) is 6.07 Å². The number of hydrogen-bond acceptors (Lipinski definition) is 4. The first-order valence-corrected chi connectivity index (χ1v) is 10.7. The second-order valence-corrected chi connectivity index (χ2v) is 8.43. The van der Waals surface area contributed by atoms with E-state index in [4.69, 9.17) is 0 Å². The van der Waals surface area contributed by atoms with Crippen LogP contribution in [-0.4, -0.2) is 21.2 Å². The van der Waals surface area contributed by atoms with Gasteiger partial charge in [-0.1, -0.05) is 18.2 Å². The smallest absolute Gasteiger partial charge is 0.232 e. The fourth-order valence-corrected chi connectivity index (χ4v) is 5.20. The van der Waals surface area contributed by atoms with Gasteiger partial charge in [-0.3, -0.25) is 9.36 Å². The Morgan fingerprint density at radius 3 is 2.86 bits per heavy atom. The number of aromatic nitrogens is 2. The maximum absolute atomic E-state index is 13.1. The van der Waals surface area contributed by atoms with Gasteiger partial charge >= 0.3 is 0 Å². The molecule has 0 bridgehead atoms. The molecule has 0 spiro atoms. The minimum atomic E-state index is 0.134. The second-order valence-electron chi connectivity index (χ2n) is 7.35. The predicted molar refractivity (Wildman–Crippen MR) is 113 cm³/mol. The Morgan fingerprint density at radius 1 is 1.25 bits per heavy atom. The van der Waals surface area contributed by atoms with Gasteiger partial charge in [-0.15, -0.1) is 11.8 Å². The van der Waals surface area contributed by atoms with Gasteiger partial charge in [0.05, 0.1) is 11.1 Å². The lowest BCUT2D eigenvalue weighted by molar-refractivity contribution is 0.0912. The van der Waals surface area contributed by atoms with Crippen LogP contribution in [0.1, 0.15) is 52.1 Å².